The fraction of sp³-hybridized carbons (Fsp3) is 0.167. The molecule has 5 heteroatoms. The zero-order chi connectivity index (χ0) is 12.4. The largest absolute Gasteiger partial charge is 0.383 e. The van der Waals surface area contributed by atoms with Crippen molar-refractivity contribution >= 4 is 33.3 Å². The lowest BCUT2D eigenvalue weighted by molar-refractivity contribution is 1.16. The van der Waals surface area contributed by atoms with Gasteiger partial charge in [-0.05, 0) is 41.4 Å². The monoisotopic (exact) mass is 292 g/mol. The molecule has 0 aliphatic carbocycles. The lowest BCUT2D eigenvalue weighted by Gasteiger charge is -2.11. The maximum atomic E-state index is 5.70. The third-order valence-corrected chi connectivity index (χ3v) is 3.23. The molecule has 0 saturated heterocycles. The van der Waals surface area contributed by atoms with Crippen molar-refractivity contribution in [3.63, 3.8) is 0 Å². The van der Waals surface area contributed by atoms with Crippen LogP contribution >= 0.6 is 15.9 Å². The summed E-state index contributed by atoms with van der Waals surface area (Å²) in [7, 11) is 0. The van der Waals surface area contributed by atoms with Gasteiger partial charge in [-0.1, -0.05) is 17.7 Å². The number of aromatic nitrogens is 2. The van der Waals surface area contributed by atoms with Crippen LogP contribution in [0.3, 0.4) is 0 Å². The van der Waals surface area contributed by atoms with Crippen LogP contribution in [0.4, 0.5) is 17.3 Å². The van der Waals surface area contributed by atoms with E-state index in [2.05, 4.69) is 44.2 Å². The van der Waals surface area contributed by atoms with E-state index in [1.807, 2.05) is 19.1 Å². The molecular weight excluding hydrogens is 280 g/mol. The number of nitrogens with zero attached hydrogens (tertiary/aromatic N) is 2. The molecule has 0 saturated carbocycles. The van der Waals surface area contributed by atoms with Gasteiger partial charge < -0.3 is 11.1 Å². The van der Waals surface area contributed by atoms with Crippen LogP contribution in [-0.2, 0) is 0 Å². The number of hydrogen-bond donors (Lipinski definition) is 2. The van der Waals surface area contributed by atoms with E-state index < -0.39 is 0 Å². The molecule has 0 unspecified atom stereocenters. The highest BCUT2D eigenvalue weighted by Crippen LogP contribution is 2.28. The first kappa shape index (κ1) is 11.9. The molecule has 0 bridgehead atoms. The Morgan fingerprint density at radius 1 is 1.24 bits per heavy atom. The lowest BCUT2D eigenvalue weighted by Crippen LogP contribution is -2.01. The SMILES string of the molecule is Cc1ccc(Nc2ncnc(N)c2Br)c(C)c1. The number of nitrogens with one attached hydrogen (secondary N) is 1. The first-order valence-corrected chi connectivity index (χ1v) is 5.97. The van der Waals surface area contributed by atoms with Crippen LogP contribution in [0.1, 0.15) is 11.1 Å². The molecule has 0 radical (unpaired) electrons. The molecule has 1 heterocycles. The summed E-state index contributed by atoms with van der Waals surface area (Å²) in [5.74, 6) is 1.09. The van der Waals surface area contributed by atoms with Crippen LogP contribution in [0.2, 0.25) is 0 Å². The zero-order valence-corrected chi connectivity index (χ0v) is 11.2. The molecule has 0 amide bonds. The second-order valence-electron chi connectivity index (χ2n) is 3.86. The maximum Gasteiger partial charge on any atom is 0.150 e. The first-order chi connectivity index (χ1) is 8.08. The second kappa shape index (κ2) is 4.71. The second-order valence-corrected chi connectivity index (χ2v) is 4.66. The molecule has 17 heavy (non-hydrogen) atoms. The van der Waals surface area contributed by atoms with Crippen molar-refractivity contribution in [2.45, 2.75) is 13.8 Å². The van der Waals surface area contributed by atoms with Gasteiger partial charge in [0, 0.05) is 5.69 Å². The number of halogens is 1. The van der Waals surface area contributed by atoms with E-state index in [0.717, 1.165) is 11.3 Å². The molecule has 0 aliphatic heterocycles. The summed E-state index contributed by atoms with van der Waals surface area (Å²) in [6.07, 6.45) is 1.44. The quantitative estimate of drug-likeness (QED) is 0.892. The van der Waals surface area contributed by atoms with Crippen molar-refractivity contribution in [2.24, 2.45) is 0 Å². The highest BCUT2D eigenvalue weighted by atomic mass is 79.9. The smallest absolute Gasteiger partial charge is 0.150 e. The normalized spacial score (nSPS) is 10.3. The van der Waals surface area contributed by atoms with Crippen LogP contribution in [0.15, 0.2) is 29.0 Å². The number of aryl methyl sites for hydroxylation is 2. The Balaban J connectivity index is 2.35. The average Bonchev–Trinajstić information content (AvgIpc) is 2.28. The summed E-state index contributed by atoms with van der Waals surface area (Å²) in [6, 6.07) is 6.18. The van der Waals surface area contributed by atoms with Crippen molar-refractivity contribution in [1.29, 1.82) is 0 Å². The number of hydrogen-bond acceptors (Lipinski definition) is 4. The summed E-state index contributed by atoms with van der Waals surface area (Å²) in [5, 5.41) is 3.23. The van der Waals surface area contributed by atoms with Crippen molar-refractivity contribution in [3.8, 4) is 0 Å². The Labute approximate surface area is 108 Å². The highest BCUT2D eigenvalue weighted by Gasteiger charge is 2.07. The minimum atomic E-state index is 0.423. The Hall–Kier alpha value is -1.62. The summed E-state index contributed by atoms with van der Waals surface area (Å²) in [6.45, 7) is 4.11. The Morgan fingerprint density at radius 2 is 2.00 bits per heavy atom. The van der Waals surface area contributed by atoms with Crippen LogP contribution in [0.25, 0.3) is 0 Å². The molecule has 88 valence electrons. The van der Waals surface area contributed by atoms with Gasteiger partial charge in [-0.15, -0.1) is 0 Å². The number of rotatable bonds is 2. The number of benzene rings is 1. The fourth-order valence-corrected chi connectivity index (χ4v) is 1.86. The highest BCUT2D eigenvalue weighted by molar-refractivity contribution is 9.10. The van der Waals surface area contributed by atoms with Gasteiger partial charge in [0.1, 0.15) is 22.4 Å². The average molecular weight is 293 g/mol. The summed E-state index contributed by atoms with van der Waals surface area (Å²) in [4.78, 5) is 8.05. The number of nitrogens with two attached hydrogens (primary N) is 1. The van der Waals surface area contributed by atoms with E-state index in [1.165, 1.54) is 11.9 Å². The Kier molecular flexibility index (Phi) is 3.28. The predicted molar refractivity (Wildman–Crippen MR) is 73.3 cm³/mol. The first-order valence-electron chi connectivity index (χ1n) is 5.18. The minimum Gasteiger partial charge on any atom is -0.383 e. The molecular formula is C12H13BrN4. The maximum absolute atomic E-state index is 5.70. The minimum absolute atomic E-state index is 0.423. The standard InChI is InChI=1S/C12H13BrN4/c1-7-3-4-9(8(2)5-7)17-12-10(13)11(14)15-6-16-12/h3-6H,1-2H3,(H3,14,15,16,17). The summed E-state index contributed by atoms with van der Waals surface area (Å²) < 4.78 is 0.681. The van der Waals surface area contributed by atoms with E-state index in [4.69, 9.17) is 5.73 Å². The van der Waals surface area contributed by atoms with Gasteiger partial charge in [0.25, 0.3) is 0 Å². The van der Waals surface area contributed by atoms with Crippen LogP contribution < -0.4 is 11.1 Å². The molecule has 3 N–H and O–H groups in total. The summed E-state index contributed by atoms with van der Waals surface area (Å²) in [5.41, 5.74) is 9.10. The van der Waals surface area contributed by atoms with Crippen molar-refractivity contribution in [3.05, 3.63) is 40.1 Å². The van der Waals surface area contributed by atoms with E-state index in [1.54, 1.807) is 0 Å². The van der Waals surface area contributed by atoms with Gasteiger partial charge in [-0.2, -0.15) is 0 Å². The van der Waals surface area contributed by atoms with Crippen LogP contribution in [0.5, 0.6) is 0 Å². The Morgan fingerprint density at radius 3 is 2.71 bits per heavy atom. The lowest BCUT2D eigenvalue weighted by atomic mass is 10.1. The molecule has 1 aromatic heterocycles. The zero-order valence-electron chi connectivity index (χ0n) is 9.66. The van der Waals surface area contributed by atoms with Crippen molar-refractivity contribution in [2.75, 3.05) is 11.1 Å². The molecule has 1 aromatic carbocycles. The fourth-order valence-electron chi connectivity index (χ4n) is 1.55. The van der Waals surface area contributed by atoms with E-state index in [0.29, 0.717) is 16.1 Å². The molecule has 2 rings (SSSR count). The number of nitrogen functional groups attached to an aromatic ring is 1. The molecule has 0 fully saturated rings. The Bertz CT molecular complexity index is 554. The van der Waals surface area contributed by atoms with Gasteiger partial charge in [-0.3, -0.25) is 0 Å². The van der Waals surface area contributed by atoms with Crippen molar-refractivity contribution < 1.29 is 0 Å². The molecule has 0 atom stereocenters. The van der Waals surface area contributed by atoms with Gasteiger partial charge in [-0.25, -0.2) is 9.97 Å². The van der Waals surface area contributed by atoms with Crippen LogP contribution in [0, 0.1) is 13.8 Å². The topological polar surface area (TPSA) is 63.8 Å². The summed E-state index contributed by atoms with van der Waals surface area (Å²) >= 11 is 3.36. The van der Waals surface area contributed by atoms with Gasteiger partial charge in [0.15, 0.2) is 0 Å². The third kappa shape index (κ3) is 2.55. The van der Waals surface area contributed by atoms with E-state index in [-0.39, 0.29) is 0 Å². The molecule has 0 aliphatic rings. The van der Waals surface area contributed by atoms with Gasteiger partial charge in [0.2, 0.25) is 0 Å². The molecule has 0 spiro atoms. The third-order valence-electron chi connectivity index (χ3n) is 2.45. The predicted octanol–water partition coefficient (Wildman–Crippen LogP) is 3.18. The van der Waals surface area contributed by atoms with E-state index >= 15 is 0 Å². The van der Waals surface area contributed by atoms with Gasteiger partial charge in [0.05, 0.1) is 0 Å². The van der Waals surface area contributed by atoms with Gasteiger partial charge >= 0.3 is 0 Å². The number of anilines is 3. The van der Waals surface area contributed by atoms with Crippen molar-refractivity contribution in [1.82, 2.24) is 9.97 Å². The molecule has 4 nitrogen and oxygen atoms in total. The van der Waals surface area contributed by atoms with Crippen LogP contribution in [-0.4, -0.2) is 9.97 Å². The van der Waals surface area contributed by atoms with E-state index in [9.17, 15) is 0 Å². The molecule has 2 aromatic rings.